The Morgan fingerprint density at radius 2 is 2.17 bits per heavy atom. The first-order valence-corrected chi connectivity index (χ1v) is 5.90. The van der Waals surface area contributed by atoms with Crippen molar-refractivity contribution in [3.63, 3.8) is 0 Å². The Kier molecular flexibility index (Phi) is 5.09. The molecule has 1 rings (SSSR count). The molecule has 0 aliphatic heterocycles. The van der Waals surface area contributed by atoms with E-state index < -0.39 is 23.6 Å². The van der Waals surface area contributed by atoms with Crippen molar-refractivity contribution in [2.45, 2.75) is 26.4 Å². The number of halogens is 1. The second kappa shape index (κ2) is 6.35. The van der Waals surface area contributed by atoms with E-state index in [-0.39, 0.29) is 18.0 Å². The molecule has 4 nitrogen and oxygen atoms in total. The number of phenols is 1. The fourth-order valence-corrected chi connectivity index (χ4v) is 1.46. The molecule has 0 fully saturated rings. The van der Waals surface area contributed by atoms with E-state index in [0.717, 1.165) is 18.6 Å². The maximum absolute atomic E-state index is 12.7. The lowest BCUT2D eigenvalue weighted by Crippen LogP contribution is -2.35. The topological polar surface area (TPSA) is 69.6 Å². The van der Waals surface area contributed by atoms with E-state index in [0.29, 0.717) is 0 Å². The van der Waals surface area contributed by atoms with Crippen molar-refractivity contribution in [2.75, 3.05) is 6.54 Å². The van der Waals surface area contributed by atoms with Gasteiger partial charge in [0.1, 0.15) is 11.6 Å². The summed E-state index contributed by atoms with van der Waals surface area (Å²) >= 11 is 0. The van der Waals surface area contributed by atoms with Crippen LogP contribution in [0, 0.1) is 11.7 Å². The van der Waals surface area contributed by atoms with Gasteiger partial charge in [-0.1, -0.05) is 20.3 Å². The molecule has 1 aromatic rings. The summed E-state index contributed by atoms with van der Waals surface area (Å²) < 4.78 is 12.7. The summed E-state index contributed by atoms with van der Waals surface area (Å²) in [5.74, 6) is -1.48. The van der Waals surface area contributed by atoms with Crippen LogP contribution in [0.25, 0.3) is 0 Å². The molecule has 0 radical (unpaired) electrons. The molecule has 0 saturated heterocycles. The van der Waals surface area contributed by atoms with Crippen LogP contribution in [0.5, 0.6) is 5.75 Å². The molecule has 0 heterocycles. The molecule has 3 N–H and O–H groups in total. The fraction of sp³-hybridized carbons (Fsp3) is 0.462. The SMILES string of the molecule is CCC(C)C(O)CNC(=O)c1ccc(F)cc1O. The van der Waals surface area contributed by atoms with Crippen LogP contribution in [0.3, 0.4) is 0 Å². The molecule has 1 amide bonds. The number of hydrogen-bond donors (Lipinski definition) is 3. The number of benzene rings is 1. The largest absolute Gasteiger partial charge is 0.507 e. The molecule has 0 aromatic heterocycles. The number of rotatable bonds is 5. The van der Waals surface area contributed by atoms with Crippen LogP contribution in [0.15, 0.2) is 18.2 Å². The predicted octanol–water partition coefficient (Wildman–Crippen LogP) is 1.67. The minimum absolute atomic E-state index is 0.00671. The Bertz CT molecular complexity index is 423. The number of aliphatic hydroxyl groups is 1. The van der Waals surface area contributed by atoms with Crippen LogP contribution in [0.4, 0.5) is 4.39 Å². The zero-order chi connectivity index (χ0) is 13.7. The van der Waals surface area contributed by atoms with E-state index in [4.69, 9.17) is 0 Å². The second-order valence-corrected chi connectivity index (χ2v) is 4.32. The third kappa shape index (κ3) is 3.70. The van der Waals surface area contributed by atoms with Gasteiger partial charge in [0.25, 0.3) is 5.91 Å². The number of hydrogen-bond acceptors (Lipinski definition) is 3. The lowest BCUT2D eigenvalue weighted by atomic mass is 10.0. The molecular formula is C13H18FNO3. The lowest BCUT2D eigenvalue weighted by Gasteiger charge is -2.17. The zero-order valence-corrected chi connectivity index (χ0v) is 10.5. The standard InChI is InChI=1S/C13H18FNO3/c1-3-8(2)12(17)7-15-13(18)10-5-4-9(14)6-11(10)16/h4-6,8,12,16-17H,3,7H2,1-2H3,(H,15,18). The first-order chi connectivity index (χ1) is 8.45. The van der Waals surface area contributed by atoms with Crippen LogP contribution >= 0.6 is 0 Å². The highest BCUT2D eigenvalue weighted by molar-refractivity contribution is 5.96. The van der Waals surface area contributed by atoms with Gasteiger partial charge in [0.05, 0.1) is 11.7 Å². The summed E-state index contributed by atoms with van der Waals surface area (Å²) in [6.45, 7) is 3.93. The number of phenolic OH excluding ortho intramolecular Hbond substituents is 1. The maximum atomic E-state index is 12.7. The molecule has 1 aromatic carbocycles. The van der Waals surface area contributed by atoms with E-state index in [9.17, 15) is 19.4 Å². The summed E-state index contributed by atoms with van der Waals surface area (Å²) in [6, 6.07) is 3.18. The maximum Gasteiger partial charge on any atom is 0.255 e. The average molecular weight is 255 g/mol. The molecular weight excluding hydrogens is 237 g/mol. The Morgan fingerprint density at radius 3 is 2.72 bits per heavy atom. The molecule has 2 unspecified atom stereocenters. The quantitative estimate of drug-likeness (QED) is 0.749. The van der Waals surface area contributed by atoms with Crippen LogP contribution < -0.4 is 5.32 Å². The van der Waals surface area contributed by atoms with Gasteiger partial charge >= 0.3 is 0 Å². The molecule has 0 aliphatic carbocycles. The molecule has 18 heavy (non-hydrogen) atoms. The summed E-state index contributed by atoms with van der Waals surface area (Å²) in [6.07, 6.45) is 0.167. The van der Waals surface area contributed by atoms with Gasteiger partial charge in [0.15, 0.2) is 0 Å². The number of aromatic hydroxyl groups is 1. The summed E-state index contributed by atoms with van der Waals surface area (Å²) in [5.41, 5.74) is -0.00671. The van der Waals surface area contributed by atoms with Crippen molar-refractivity contribution in [2.24, 2.45) is 5.92 Å². The summed E-state index contributed by atoms with van der Waals surface area (Å²) in [7, 11) is 0. The number of nitrogens with one attached hydrogen (secondary N) is 1. The van der Waals surface area contributed by atoms with Crippen molar-refractivity contribution in [1.29, 1.82) is 0 Å². The van der Waals surface area contributed by atoms with Crippen LogP contribution in [0.2, 0.25) is 0 Å². The Morgan fingerprint density at radius 1 is 1.50 bits per heavy atom. The summed E-state index contributed by atoms with van der Waals surface area (Å²) in [5, 5.41) is 21.6. The molecule has 2 atom stereocenters. The van der Waals surface area contributed by atoms with Gasteiger partial charge in [-0.05, 0) is 18.1 Å². The third-order valence-electron chi connectivity index (χ3n) is 2.98. The van der Waals surface area contributed by atoms with Crippen LogP contribution in [-0.2, 0) is 0 Å². The van der Waals surface area contributed by atoms with Gasteiger partial charge < -0.3 is 15.5 Å². The molecule has 100 valence electrons. The van der Waals surface area contributed by atoms with Crippen molar-refractivity contribution in [3.05, 3.63) is 29.6 Å². The van der Waals surface area contributed by atoms with Crippen molar-refractivity contribution in [1.82, 2.24) is 5.32 Å². The minimum atomic E-state index is -0.637. The normalized spacial score (nSPS) is 14.0. The van der Waals surface area contributed by atoms with Gasteiger partial charge in [-0.3, -0.25) is 4.79 Å². The first kappa shape index (κ1) is 14.4. The minimum Gasteiger partial charge on any atom is -0.507 e. The molecule has 5 heteroatoms. The monoisotopic (exact) mass is 255 g/mol. The Balaban J connectivity index is 2.60. The number of carbonyl (C=O) groups is 1. The van der Waals surface area contributed by atoms with E-state index in [1.165, 1.54) is 6.07 Å². The molecule has 0 aliphatic rings. The molecule has 0 bridgehead atoms. The van der Waals surface area contributed by atoms with Gasteiger partial charge in [0.2, 0.25) is 0 Å². The first-order valence-electron chi connectivity index (χ1n) is 5.90. The second-order valence-electron chi connectivity index (χ2n) is 4.32. The van der Waals surface area contributed by atoms with Gasteiger partial charge in [-0.25, -0.2) is 4.39 Å². The highest BCUT2D eigenvalue weighted by Gasteiger charge is 2.16. The third-order valence-corrected chi connectivity index (χ3v) is 2.98. The van der Waals surface area contributed by atoms with Crippen LogP contribution in [-0.4, -0.2) is 28.8 Å². The van der Waals surface area contributed by atoms with Crippen LogP contribution in [0.1, 0.15) is 30.6 Å². The fourth-order valence-electron chi connectivity index (χ4n) is 1.46. The number of aliphatic hydroxyl groups excluding tert-OH is 1. The predicted molar refractivity (Wildman–Crippen MR) is 65.9 cm³/mol. The molecule has 0 spiro atoms. The average Bonchev–Trinajstić information content (AvgIpc) is 2.34. The number of amides is 1. The van der Waals surface area contributed by atoms with E-state index in [1.54, 1.807) is 0 Å². The Hall–Kier alpha value is -1.62. The van der Waals surface area contributed by atoms with E-state index in [2.05, 4.69) is 5.32 Å². The summed E-state index contributed by atoms with van der Waals surface area (Å²) in [4.78, 5) is 11.7. The van der Waals surface area contributed by atoms with Crippen molar-refractivity contribution >= 4 is 5.91 Å². The van der Waals surface area contributed by atoms with Crippen molar-refractivity contribution < 1.29 is 19.4 Å². The number of carbonyl (C=O) groups excluding carboxylic acids is 1. The Labute approximate surface area is 105 Å². The van der Waals surface area contributed by atoms with Gasteiger partial charge in [0, 0.05) is 12.6 Å². The van der Waals surface area contributed by atoms with Gasteiger partial charge in [-0.2, -0.15) is 0 Å². The van der Waals surface area contributed by atoms with E-state index >= 15 is 0 Å². The zero-order valence-electron chi connectivity index (χ0n) is 10.5. The highest BCUT2D eigenvalue weighted by Crippen LogP contribution is 2.17. The molecule has 0 saturated carbocycles. The smallest absolute Gasteiger partial charge is 0.255 e. The van der Waals surface area contributed by atoms with Gasteiger partial charge in [-0.15, -0.1) is 0 Å². The highest BCUT2D eigenvalue weighted by atomic mass is 19.1. The van der Waals surface area contributed by atoms with E-state index in [1.807, 2.05) is 13.8 Å². The lowest BCUT2D eigenvalue weighted by molar-refractivity contribution is 0.0848. The van der Waals surface area contributed by atoms with Crippen molar-refractivity contribution in [3.8, 4) is 5.75 Å².